The second kappa shape index (κ2) is 7.33. The number of methoxy groups -OCH3 is 1. The molecule has 24 heavy (non-hydrogen) atoms. The molecule has 1 aromatic rings. The summed E-state index contributed by atoms with van der Waals surface area (Å²) in [6.45, 7) is 5.71. The van der Waals surface area contributed by atoms with Gasteiger partial charge in [0.05, 0.1) is 18.1 Å². The molecule has 5 nitrogen and oxygen atoms in total. The summed E-state index contributed by atoms with van der Waals surface area (Å²) in [4.78, 5) is 14.8. The molecule has 130 valence electrons. The van der Waals surface area contributed by atoms with Gasteiger partial charge in [0.1, 0.15) is 5.54 Å². The normalized spacial score (nSPS) is 21.5. The highest BCUT2D eigenvalue weighted by molar-refractivity contribution is 5.86. The zero-order valence-corrected chi connectivity index (χ0v) is 15.1. The summed E-state index contributed by atoms with van der Waals surface area (Å²) in [6.07, 6.45) is 1.74. The van der Waals surface area contributed by atoms with Gasteiger partial charge in [0.15, 0.2) is 0 Å². The van der Waals surface area contributed by atoms with E-state index in [1.807, 2.05) is 38.1 Å². The fourth-order valence-electron chi connectivity index (χ4n) is 3.66. The molecule has 0 radical (unpaired) electrons. The van der Waals surface area contributed by atoms with Crippen molar-refractivity contribution in [2.45, 2.75) is 44.2 Å². The van der Waals surface area contributed by atoms with Gasteiger partial charge >= 0.3 is 0 Å². The van der Waals surface area contributed by atoms with Crippen molar-refractivity contribution in [3.63, 3.8) is 0 Å². The van der Waals surface area contributed by atoms with Gasteiger partial charge in [0.25, 0.3) is 0 Å². The first kappa shape index (κ1) is 18.4. The first-order chi connectivity index (χ1) is 11.4. The molecule has 1 unspecified atom stereocenters. The van der Waals surface area contributed by atoms with Crippen LogP contribution in [-0.2, 0) is 21.5 Å². The molecule has 0 aliphatic carbocycles. The first-order valence-electron chi connectivity index (χ1n) is 8.37. The minimum Gasteiger partial charge on any atom is -0.382 e. The predicted octanol–water partition coefficient (Wildman–Crippen LogP) is 2.21. The number of nitrogens with zero attached hydrogens (tertiary/aromatic N) is 2. The summed E-state index contributed by atoms with van der Waals surface area (Å²) in [5.74, 6) is -0.00104. The summed E-state index contributed by atoms with van der Waals surface area (Å²) in [5.41, 5.74) is 0.915. The van der Waals surface area contributed by atoms with Gasteiger partial charge in [-0.05, 0) is 44.4 Å². The molecule has 0 bridgehead atoms. The molecule has 0 saturated carbocycles. The highest BCUT2D eigenvalue weighted by Crippen LogP contribution is 2.34. The molecule has 1 aliphatic rings. The Morgan fingerprint density at radius 3 is 2.79 bits per heavy atom. The molecular formula is C19H27N3O2. The van der Waals surface area contributed by atoms with E-state index in [4.69, 9.17) is 4.74 Å². The zero-order valence-electron chi connectivity index (χ0n) is 15.1. The van der Waals surface area contributed by atoms with Crippen LogP contribution in [-0.4, -0.2) is 43.7 Å². The van der Waals surface area contributed by atoms with Crippen LogP contribution in [0.4, 0.5) is 0 Å². The van der Waals surface area contributed by atoms with Gasteiger partial charge in [0.2, 0.25) is 5.91 Å². The van der Waals surface area contributed by atoms with E-state index in [2.05, 4.69) is 16.3 Å². The number of carbonyl (C=O) groups is 1. The highest BCUT2D eigenvalue weighted by Gasteiger charge is 2.47. The smallest absolute Gasteiger partial charge is 0.242 e. The molecule has 1 heterocycles. The summed E-state index contributed by atoms with van der Waals surface area (Å²) in [7, 11) is 3.30. The van der Waals surface area contributed by atoms with Crippen molar-refractivity contribution in [3.8, 4) is 6.07 Å². The van der Waals surface area contributed by atoms with Crippen molar-refractivity contribution < 1.29 is 9.53 Å². The van der Waals surface area contributed by atoms with Crippen LogP contribution in [0.3, 0.4) is 0 Å². The molecule has 1 atom stereocenters. The zero-order chi connectivity index (χ0) is 17.8. The Morgan fingerprint density at radius 1 is 1.46 bits per heavy atom. The van der Waals surface area contributed by atoms with Gasteiger partial charge in [-0.1, -0.05) is 24.3 Å². The maximum atomic E-state index is 12.6. The number of ether oxygens (including phenoxy) is 1. The maximum absolute atomic E-state index is 12.6. The summed E-state index contributed by atoms with van der Waals surface area (Å²) < 4.78 is 5.38. The van der Waals surface area contributed by atoms with E-state index in [1.54, 1.807) is 14.2 Å². The summed E-state index contributed by atoms with van der Waals surface area (Å²) >= 11 is 0. The predicted molar refractivity (Wildman–Crippen MR) is 93.4 cm³/mol. The average Bonchev–Trinajstić information content (AvgIpc) is 2.98. The van der Waals surface area contributed by atoms with Crippen molar-refractivity contribution in [1.29, 1.82) is 5.26 Å². The molecule has 1 fully saturated rings. The van der Waals surface area contributed by atoms with Crippen molar-refractivity contribution in [2.75, 3.05) is 27.3 Å². The summed E-state index contributed by atoms with van der Waals surface area (Å²) in [6, 6.07) is 10.4. The Hall–Kier alpha value is -1.90. The Labute approximate surface area is 144 Å². The van der Waals surface area contributed by atoms with Gasteiger partial charge in [-0.3, -0.25) is 9.69 Å². The molecule has 1 aromatic carbocycles. The molecule has 2 rings (SSSR count). The van der Waals surface area contributed by atoms with E-state index in [-0.39, 0.29) is 5.91 Å². The average molecular weight is 329 g/mol. The number of benzene rings is 1. The Kier molecular flexibility index (Phi) is 5.63. The third-order valence-electron chi connectivity index (χ3n) is 4.99. The summed E-state index contributed by atoms with van der Waals surface area (Å²) in [5, 5.41) is 12.3. The van der Waals surface area contributed by atoms with Gasteiger partial charge in [0, 0.05) is 20.7 Å². The van der Waals surface area contributed by atoms with Crippen LogP contribution in [0.1, 0.15) is 37.8 Å². The topological polar surface area (TPSA) is 65.4 Å². The molecule has 1 amide bonds. The molecule has 0 aromatic heterocycles. The lowest BCUT2D eigenvalue weighted by molar-refractivity contribution is -0.135. The SMILES string of the molecule is CNC(=O)C1(COC)CCCN1Cc1ccccc1C(C)(C)C#N. The van der Waals surface area contributed by atoms with Crippen LogP contribution in [0.25, 0.3) is 0 Å². The lowest BCUT2D eigenvalue weighted by atomic mass is 9.83. The number of amides is 1. The van der Waals surface area contributed by atoms with Gasteiger partial charge in [-0.15, -0.1) is 0 Å². The molecule has 0 spiro atoms. The minimum atomic E-state index is -0.632. The standard InChI is InChI=1S/C19H27N3O2/c1-18(2,13-20)16-9-6-5-8-15(16)12-22-11-7-10-19(22,14-24-4)17(23)21-3/h5-6,8-9H,7,10-12,14H2,1-4H3,(H,21,23). The molecular weight excluding hydrogens is 302 g/mol. The van der Waals surface area contributed by atoms with E-state index in [1.165, 1.54) is 0 Å². The van der Waals surface area contributed by atoms with E-state index >= 15 is 0 Å². The maximum Gasteiger partial charge on any atom is 0.242 e. The van der Waals surface area contributed by atoms with Crippen molar-refractivity contribution in [3.05, 3.63) is 35.4 Å². The number of likely N-dealkylation sites (tertiary alicyclic amines) is 1. The van der Waals surface area contributed by atoms with Crippen molar-refractivity contribution in [1.82, 2.24) is 10.2 Å². The Bertz CT molecular complexity index is 636. The van der Waals surface area contributed by atoms with Crippen LogP contribution >= 0.6 is 0 Å². The van der Waals surface area contributed by atoms with E-state index in [0.29, 0.717) is 13.2 Å². The number of nitriles is 1. The fourth-order valence-corrected chi connectivity index (χ4v) is 3.66. The lowest BCUT2D eigenvalue weighted by Crippen LogP contribution is -2.57. The number of hydrogen-bond donors (Lipinski definition) is 1. The van der Waals surface area contributed by atoms with Gasteiger partial charge < -0.3 is 10.1 Å². The number of rotatable bonds is 6. The molecule has 1 N–H and O–H groups in total. The number of hydrogen-bond acceptors (Lipinski definition) is 4. The molecule has 1 aliphatic heterocycles. The quantitative estimate of drug-likeness (QED) is 0.869. The van der Waals surface area contributed by atoms with Gasteiger partial charge in [-0.2, -0.15) is 5.26 Å². The van der Waals surface area contributed by atoms with Crippen molar-refractivity contribution >= 4 is 5.91 Å². The van der Waals surface area contributed by atoms with Crippen molar-refractivity contribution in [2.24, 2.45) is 0 Å². The largest absolute Gasteiger partial charge is 0.382 e. The Morgan fingerprint density at radius 2 is 2.17 bits per heavy atom. The van der Waals surface area contributed by atoms with Crippen LogP contribution in [0, 0.1) is 11.3 Å². The third-order valence-corrected chi connectivity index (χ3v) is 4.99. The third kappa shape index (κ3) is 3.31. The number of nitrogens with one attached hydrogen (secondary N) is 1. The molecule has 1 saturated heterocycles. The van der Waals surface area contributed by atoms with E-state index < -0.39 is 11.0 Å². The lowest BCUT2D eigenvalue weighted by Gasteiger charge is -2.37. The fraction of sp³-hybridized carbons (Fsp3) is 0.579. The first-order valence-corrected chi connectivity index (χ1v) is 8.37. The molecule has 5 heteroatoms. The number of likely N-dealkylation sites (N-methyl/N-ethyl adjacent to an activating group) is 1. The van der Waals surface area contributed by atoms with E-state index in [9.17, 15) is 10.1 Å². The second-order valence-corrected chi connectivity index (χ2v) is 6.96. The van der Waals surface area contributed by atoms with Gasteiger partial charge in [-0.25, -0.2) is 0 Å². The monoisotopic (exact) mass is 329 g/mol. The number of carbonyl (C=O) groups excluding carboxylic acids is 1. The minimum absolute atomic E-state index is 0.00104. The second-order valence-electron chi connectivity index (χ2n) is 6.96. The Balaban J connectivity index is 2.37. The van der Waals surface area contributed by atoms with Crippen LogP contribution in [0.2, 0.25) is 0 Å². The van der Waals surface area contributed by atoms with Crippen LogP contribution < -0.4 is 5.32 Å². The van der Waals surface area contributed by atoms with Crippen LogP contribution in [0.15, 0.2) is 24.3 Å². The van der Waals surface area contributed by atoms with Crippen LogP contribution in [0.5, 0.6) is 0 Å². The van der Waals surface area contributed by atoms with E-state index in [0.717, 1.165) is 30.5 Å². The highest BCUT2D eigenvalue weighted by atomic mass is 16.5.